The van der Waals surface area contributed by atoms with E-state index in [1.165, 1.54) is 34.2 Å². The molecule has 0 saturated carbocycles. The lowest BCUT2D eigenvalue weighted by atomic mass is 9.99. The largest absolute Gasteiger partial charge is 0.799 e. The number of rotatable bonds is 20. The molecule has 3 fully saturated rings. The maximum Gasteiger partial charge on any atom is 0.490 e. The Kier molecular flexibility index (Phi) is 15.6. The number of hydrogen-bond acceptors (Lipinski definition) is 26. The van der Waals surface area contributed by atoms with Gasteiger partial charge in [0, 0.05) is 39.8 Å². The van der Waals surface area contributed by atoms with Crippen LogP contribution in [0.3, 0.4) is 0 Å². The monoisotopic (exact) mass is 1120 g/mol. The number of nitrogens with one attached hydrogen (secondary N) is 2. The number of ether oxygens (including phenoxy) is 5. The van der Waals surface area contributed by atoms with Crippen LogP contribution >= 0.6 is 30.8 Å². The smallest absolute Gasteiger partial charge is 0.490 e. The minimum atomic E-state index is -6.18. The number of aryl methyl sites for hydroxylation is 1. The fourth-order valence-electron chi connectivity index (χ4n) is 8.85. The van der Waals surface area contributed by atoms with Gasteiger partial charge in [0.1, 0.15) is 36.3 Å². The highest BCUT2D eigenvalue weighted by Gasteiger charge is 2.54. The Morgan fingerprint density at radius 3 is 2.16 bits per heavy atom. The van der Waals surface area contributed by atoms with E-state index in [1.807, 2.05) is 4.98 Å². The second kappa shape index (κ2) is 20.9. The van der Waals surface area contributed by atoms with Crippen LogP contribution in [0, 0.1) is 5.92 Å². The second-order valence-electron chi connectivity index (χ2n) is 16.7. The number of aliphatic hydroxyl groups excluding tert-OH is 3. The average Bonchev–Trinajstić information content (AvgIpc) is 4.10. The first kappa shape index (κ1) is 54.7. The van der Waals surface area contributed by atoms with E-state index in [2.05, 4.69) is 33.5 Å². The van der Waals surface area contributed by atoms with E-state index in [0.717, 1.165) is 36.6 Å². The Labute approximate surface area is 407 Å². The molecule has 16 atom stereocenters. The Morgan fingerprint density at radius 2 is 1.51 bits per heavy atom. The molecule has 0 spiro atoms. The van der Waals surface area contributed by atoms with Crippen molar-refractivity contribution in [2.24, 2.45) is 13.0 Å². The van der Waals surface area contributed by atoms with Gasteiger partial charge in [-0.05, 0) is 12.6 Å². The van der Waals surface area contributed by atoms with E-state index in [0.29, 0.717) is 0 Å². The molecule has 73 heavy (non-hydrogen) atoms. The van der Waals surface area contributed by atoms with Crippen molar-refractivity contribution in [3.05, 3.63) is 62.4 Å². The number of nitrogens with zero attached hydrogens (tertiary/aromatic N) is 8. The summed E-state index contributed by atoms with van der Waals surface area (Å²) in [7, 11) is -19.1. The van der Waals surface area contributed by atoms with Crippen molar-refractivity contribution in [2.45, 2.75) is 73.5 Å². The van der Waals surface area contributed by atoms with Crippen molar-refractivity contribution in [3.63, 3.8) is 0 Å². The predicted octanol–water partition coefficient (Wildman–Crippen LogP) is -4.08. The first-order valence-corrected chi connectivity index (χ1v) is 27.6. The van der Waals surface area contributed by atoms with Crippen molar-refractivity contribution in [1.29, 1.82) is 0 Å². The van der Waals surface area contributed by atoms with E-state index in [-0.39, 0.29) is 40.7 Å². The average molecular weight is 1120 g/mol. The SMILES string of the molecule is COC[C@H]1[C@@H](O)[C@H]([n+]2cn(C)c3c(=O)[nH]c(N)nc32)O[C@@H]1COP(=O)(O)OP(=O)(O)OP(=O)(O)OC[C@H]1O[C@@H](n2cnc3c(N)ncnc32)[C@H](OC)[C@@H]1P(=O)([O-])CC[C@H]1O[C@@H](n2ccc(=O)[nH]c2=O)[C@H](O)[C@@H]1O. The third kappa shape index (κ3) is 11.2. The number of fused-ring (bicyclic) bond motifs is 2. The molecule has 8 rings (SSSR count). The molecule has 35 nitrogen and oxygen atoms in total. The first-order chi connectivity index (χ1) is 34.2. The molecule has 3 aliphatic heterocycles. The maximum absolute atomic E-state index is 14.4. The van der Waals surface area contributed by atoms with Gasteiger partial charge in [-0.25, -0.2) is 38.0 Å². The van der Waals surface area contributed by atoms with Gasteiger partial charge in [-0.2, -0.15) is 8.62 Å². The summed E-state index contributed by atoms with van der Waals surface area (Å²) < 4.78 is 105. The number of methoxy groups -OCH3 is 2. The Hall–Kier alpha value is -4.54. The van der Waals surface area contributed by atoms with Crippen LogP contribution in [0.15, 0.2) is 45.6 Å². The molecule has 0 aromatic carbocycles. The molecule has 5 aromatic rings. The topological polar surface area (TPSA) is 501 Å². The molecule has 5 aromatic heterocycles. The van der Waals surface area contributed by atoms with Crippen LogP contribution in [0.5, 0.6) is 0 Å². The predicted molar refractivity (Wildman–Crippen MR) is 237 cm³/mol. The summed E-state index contributed by atoms with van der Waals surface area (Å²) >= 11 is 0. The Morgan fingerprint density at radius 1 is 0.836 bits per heavy atom. The highest BCUT2D eigenvalue weighted by atomic mass is 31.3. The van der Waals surface area contributed by atoms with Gasteiger partial charge in [0.25, 0.3) is 17.1 Å². The number of nitrogens with two attached hydrogens (primary N) is 2. The van der Waals surface area contributed by atoms with Crippen LogP contribution in [-0.2, 0) is 66.7 Å². The number of aromatic amines is 2. The lowest BCUT2D eigenvalue weighted by molar-refractivity contribution is -0.745. The minimum Gasteiger partial charge on any atom is -0.799 e. The van der Waals surface area contributed by atoms with Gasteiger partial charge in [-0.15, -0.1) is 0 Å². The third-order valence-electron chi connectivity index (χ3n) is 12.1. The zero-order chi connectivity index (χ0) is 53.1. The van der Waals surface area contributed by atoms with Gasteiger partial charge in [-0.1, -0.05) is 4.98 Å². The van der Waals surface area contributed by atoms with E-state index in [1.54, 1.807) is 0 Å². The number of phosphoric ester groups is 2. The molecule has 12 N–H and O–H groups in total. The summed E-state index contributed by atoms with van der Waals surface area (Å²) in [5.74, 6) is -1.38. The van der Waals surface area contributed by atoms with Crippen LogP contribution in [0.25, 0.3) is 22.3 Å². The molecule has 8 heterocycles. The summed E-state index contributed by atoms with van der Waals surface area (Å²) in [6.07, 6.45) is -12.4. The zero-order valence-electron chi connectivity index (χ0n) is 38.0. The summed E-state index contributed by atoms with van der Waals surface area (Å²) in [6, 6.07) is 0.948. The van der Waals surface area contributed by atoms with E-state index in [9.17, 15) is 67.5 Å². The van der Waals surface area contributed by atoms with Gasteiger partial charge in [-0.3, -0.25) is 42.3 Å². The van der Waals surface area contributed by atoms with E-state index in [4.69, 9.17) is 44.2 Å². The molecule has 3 saturated heterocycles. The second-order valence-corrected chi connectivity index (χ2v) is 23.9. The third-order valence-corrected chi connectivity index (χ3v) is 18.7. The lowest BCUT2D eigenvalue weighted by Gasteiger charge is -2.36. The highest BCUT2D eigenvalue weighted by molar-refractivity contribution is 7.66. The standard InChI is InChI=1S/C34H48N12O23P4/c1-43-13-46(28-20(43)29(51)42-33(36)41-28)30-21(48)14(8-61-2)16(66-30)9-63-71(55,56)68-73(59,60)69-72(57,58)64-10-17-25(24(62-3)32(67-17)45-12-39-19-26(35)37-11-38-27(19)45)70(53,54)7-5-15-22(49)23(50)31(65-15)44-6-4-18(47)40-34(44)52/h4,6,11-17,21-25,30-32,48-50H,5,7-10H2,1-3H3,(H9-,35,36,37,38,40,41,42,47,51,52,53,54,55,56,57,58,59,60)/t14-,15-,16-,17-,21-,22-,23-,24-,25-,30-,31-,32-/m1/s1. The Bertz CT molecular complexity index is 3240. The van der Waals surface area contributed by atoms with Gasteiger partial charge in [0.15, 0.2) is 30.2 Å². The normalized spacial score (nSPS) is 30.9. The minimum absolute atomic E-state index is 0.0138. The zero-order valence-corrected chi connectivity index (χ0v) is 41.6. The van der Waals surface area contributed by atoms with Gasteiger partial charge in [0.2, 0.25) is 11.7 Å². The molecule has 0 amide bonds. The van der Waals surface area contributed by atoms with Gasteiger partial charge < -0.3 is 74.6 Å². The van der Waals surface area contributed by atoms with Crippen LogP contribution in [-0.4, -0.2) is 162 Å². The maximum atomic E-state index is 14.4. The molecule has 39 heteroatoms. The quantitative estimate of drug-likeness (QED) is 0.0262. The number of hydrogen-bond donors (Lipinski definition) is 10. The number of H-pyrrole nitrogens is 2. The fraction of sp³-hybridized carbons (Fsp3) is 0.588. The van der Waals surface area contributed by atoms with E-state index < -0.39 is 146 Å². The Balaban J connectivity index is 0.957. The van der Waals surface area contributed by atoms with Crippen molar-refractivity contribution < 1.29 is 99.1 Å². The van der Waals surface area contributed by atoms with Crippen LogP contribution in [0.1, 0.15) is 25.1 Å². The molecule has 0 aliphatic carbocycles. The lowest BCUT2D eigenvalue weighted by Crippen LogP contribution is -2.45. The van der Waals surface area contributed by atoms with Gasteiger partial charge in [0.05, 0.1) is 57.2 Å². The number of aromatic nitrogens is 10. The van der Waals surface area contributed by atoms with Crippen molar-refractivity contribution in [3.8, 4) is 0 Å². The fourth-order valence-corrected chi connectivity index (χ4v) is 14.7. The van der Waals surface area contributed by atoms with Crippen LogP contribution in [0.4, 0.5) is 11.8 Å². The summed E-state index contributed by atoms with van der Waals surface area (Å²) in [6.45, 7) is -2.47. The van der Waals surface area contributed by atoms with Crippen LogP contribution < -0.4 is 37.7 Å². The number of aliphatic hydroxyl groups is 3. The summed E-state index contributed by atoms with van der Waals surface area (Å²) in [5, 5.41) is 32.8. The molecule has 3 aliphatic rings. The van der Waals surface area contributed by atoms with Crippen molar-refractivity contribution in [1.82, 2.24) is 43.6 Å². The highest BCUT2D eigenvalue weighted by Crippen LogP contribution is 2.68. The molecule has 402 valence electrons. The summed E-state index contributed by atoms with van der Waals surface area (Å²) in [5.41, 5.74) is 7.50. The molecule has 0 radical (unpaired) electrons. The number of anilines is 2. The number of phosphoric acid groups is 3. The summed E-state index contributed by atoms with van der Waals surface area (Å²) in [4.78, 5) is 103. The molecule has 0 bridgehead atoms. The number of nitrogen functional groups attached to an aromatic ring is 2. The molecular weight excluding hydrogens is 1070 g/mol. The van der Waals surface area contributed by atoms with Crippen LogP contribution in [0.2, 0.25) is 0 Å². The van der Waals surface area contributed by atoms with Crippen molar-refractivity contribution in [2.75, 3.05) is 51.7 Å². The first-order valence-electron chi connectivity index (χ1n) is 21.3. The number of imidazole rings is 2. The molecule has 4 unspecified atom stereocenters. The van der Waals surface area contributed by atoms with Gasteiger partial charge >= 0.3 is 34.8 Å². The van der Waals surface area contributed by atoms with Crippen molar-refractivity contribution >= 4 is 64.9 Å². The van der Waals surface area contributed by atoms with E-state index >= 15 is 0 Å². The molecular formula is C34H48N12O23P4.